The molecule has 196 valence electrons. The highest BCUT2D eigenvalue weighted by Gasteiger charge is 2.76. The first-order valence-corrected chi connectivity index (χ1v) is 12.8. The Labute approximate surface area is 209 Å². The minimum absolute atomic E-state index is 0.0489. The predicted octanol–water partition coefficient (Wildman–Crippen LogP) is 2.70. The van der Waals surface area contributed by atoms with Gasteiger partial charge in [0.25, 0.3) is 0 Å². The highest BCUT2D eigenvalue weighted by atomic mass is 16.6. The van der Waals surface area contributed by atoms with Crippen LogP contribution >= 0.6 is 0 Å². The lowest BCUT2D eigenvalue weighted by atomic mass is 9.70. The van der Waals surface area contributed by atoms with Crippen molar-refractivity contribution in [1.82, 2.24) is 9.80 Å². The Morgan fingerprint density at radius 2 is 2.03 bits per heavy atom. The molecule has 0 saturated carbocycles. The van der Waals surface area contributed by atoms with Gasteiger partial charge in [-0.05, 0) is 46.0 Å². The number of amides is 2. The Balaban J connectivity index is 2.10. The van der Waals surface area contributed by atoms with Crippen LogP contribution in [0.5, 0.6) is 0 Å². The molecule has 0 aromatic heterocycles. The van der Waals surface area contributed by atoms with Crippen molar-refractivity contribution < 1.29 is 29.0 Å². The number of hydrogen-bond donors (Lipinski definition) is 1. The number of ether oxygens (including phenoxy) is 2. The van der Waals surface area contributed by atoms with Gasteiger partial charge in [0.1, 0.15) is 11.6 Å². The van der Waals surface area contributed by atoms with Crippen molar-refractivity contribution in [3.05, 3.63) is 25.3 Å². The highest BCUT2D eigenvalue weighted by molar-refractivity contribution is 5.98. The summed E-state index contributed by atoms with van der Waals surface area (Å²) in [6.45, 7) is 17.5. The number of rotatable bonds is 11. The molecule has 1 spiro atoms. The third-order valence-electron chi connectivity index (χ3n) is 8.04. The summed E-state index contributed by atoms with van der Waals surface area (Å²) in [5.74, 6) is -2.63. The fourth-order valence-electron chi connectivity index (χ4n) is 6.12. The SMILES string of the molecule is C=CCCOC(=O)[C@@H]1[C@H]2C(=O)N([C@@H](CO)[C@@H](C)CC)C(C(=O)N(CC=C)C(C)(C)C)C23CC[C@H]1O3. The van der Waals surface area contributed by atoms with Gasteiger partial charge in [0.15, 0.2) is 0 Å². The zero-order valence-electron chi connectivity index (χ0n) is 21.9. The van der Waals surface area contributed by atoms with Crippen LogP contribution in [0.4, 0.5) is 0 Å². The molecule has 35 heavy (non-hydrogen) atoms. The van der Waals surface area contributed by atoms with E-state index in [1.54, 1.807) is 22.0 Å². The first kappa shape index (κ1) is 27.4. The zero-order chi connectivity index (χ0) is 26.1. The molecule has 0 radical (unpaired) electrons. The molecule has 3 saturated heterocycles. The second kappa shape index (κ2) is 10.4. The van der Waals surface area contributed by atoms with Gasteiger partial charge in [0, 0.05) is 12.1 Å². The fourth-order valence-corrected chi connectivity index (χ4v) is 6.12. The average Bonchev–Trinajstić information content (AvgIpc) is 3.44. The van der Waals surface area contributed by atoms with E-state index in [0.717, 1.165) is 6.42 Å². The second-order valence-electron chi connectivity index (χ2n) is 11.1. The number of fused-ring (bicyclic) bond motifs is 1. The van der Waals surface area contributed by atoms with Crippen LogP contribution in [-0.2, 0) is 23.9 Å². The summed E-state index contributed by atoms with van der Waals surface area (Å²) in [6, 6.07) is -1.49. The summed E-state index contributed by atoms with van der Waals surface area (Å²) in [4.78, 5) is 44.8. The zero-order valence-corrected chi connectivity index (χ0v) is 21.9. The minimum atomic E-state index is -1.12. The van der Waals surface area contributed by atoms with Gasteiger partial charge in [0.2, 0.25) is 11.8 Å². The smallest absolute Gasteiger partial charge is 0.312 e. The van der Waals surface area contributed by atoms with Crippen LogP contribution in [-0.4, -0.2) is 81.8 Å². The van der Waals surface area contributed by atoms with Crippen molar-refractivity contribution >= 4 is 17.8 Å². The van der Waals surface area contributed by atoms with E-state index in [0.29, 0.717) is 25.8 Å². The summed E-state index contributed by atoms with van der Waals surface area (Å²) < 4.78 is 11.9. The largest absolute Gasteiger partial charge is 0.465 e. The molecule has 3 fully saturated rings. The van der Waals surface area contributed by atoms with E-state index in [-0.39, 0.29) is 30.9 Å². The van der Waals surface area contributed by atoms with E-state index in [4.69, 9.17) is 9.47 Å². The molecular weight excluding hydrogens is 448 g/mol. The highest BCUT2D eigenvalue weighted by Crippen LogP contribution is 2.59. The third-order valence-corrected chi connectivity index (χ3v) is 8.04. The molecule has 1 N–H and O–H groups in total. The van der Waals surface area contributed by atoms with Gasteiger partial charge >= 0.3 is 5.97 Å². The van der Waals surface area contributed by atoms with Crippen molar-refractivity contribution in [3.8, 4) is 0 Å². The predicted molar refractivity (Wildman–Crippen MR) is 132 cm³/mol. The van der Waals surface area contributed by atoms with Gasteiger partial charge in [0.05, 0.1) is 37.2 Å². The lowest BCUT2D eigenvalue weighted by Gasteiger charge is -2.44. The number of carbonyl (C=O) groups is 3. The maximum atomic E-state index is 14.3. The molecule has 3 aliphatic rings. The van der Waals surface area contributed by atoms with E-state index < -0.39 is 47.1 Å². The van der Waals surface area contributed by atoms with Gasteiger partial charge in [-0.15, -0.1) is 13.2 Å². The number of carbonyl (C=O) groups excluding carboxylic acids is 3. The van der Waals surface area contributed by atoms with Gasteiger partial charge in [-0.1, -0.05) is 32.4 Å². The normalized spacial score (nSPS) is 31.1. The molecular formula is C27H42N2O6. The van der Waals surface area contributed by atoms with Gasteiger partial charge in [-0.3, -0.25) is 14.4 Å². The molecule has 8 heteroatoms. The summed E-state index contributed by atoms with van der Waals surface area (Å²) in [7, 11) is 0. The van der Waals surface area contributed by atoms with Crippen molar-refractivity contribution in [1.29, 1.82) is 0 Å². The Hall–Kier alpha value is -2.19. The molecule has 3 heterocycles. The van der Waals surface area contributed by atoms with Crippen LogP contribution in [0.3, 0.4) is 0 Å². The summed E-state index contributed by atoms with van der Waals surface area (Å²) in [6.07, 6.45) is 5.20. The van der Waals surface area contributed by atoms with E-state index in [1.807, 2.05) is 34.6 Å². The Morgan fingerprint density at radius 1 is 1.34 bits per heavy atom. The molecule has 8 nitrogen and oxygen atoms in total. The van der Waals surface area contributed by atoms with Crippen LogP contribution in [0.2, 0.25) is 0 Å². The molecule has 3 rings (SSSR count). The van der Waals surface area contributed by atoms with Gasteiger partial charge in [-0.2, -0.15) is 0 Å². The second-order valence-corrected chi connectivity index (χ2v) is 11.1. The van der Waals surface area contributed by atoms with Crippen molar-refractivity contribution in [3.63, 3.8) is 0 Å². The first-order valence-electron chi connectivity index (χ1n) is 12.8. The van der Waals surface area contributed by atoms with Crippen molar-refractivity contribution in [2.75, 3.05) is 19.8 Å². The fraction of sp³-hybridized carbons (Fsp3) is 0.741. The van der Waals surface area contributed by atoms with Crippen molar-refractivity contribution in [2.45, 2.75) is 89.6 Å². The van der Waals surface area contributed by atoms with Crippen LogP contribution in [0, 0.1) is 17.8 Å². The van der Waals surface area contributed by atoms with E-state index in [9.17, 15) is 19.5 Å². The quantitative estimate of drug-likeness (QED) is 0.272. The lowest BCUT2D eigenvalue weighted by molar-refractivity contribution is -0.158. The maximum absolute atomic E-state index is 14.3. The third kappa shape index (κ3) is 4.55. The van der Waals surface area contributed by atoms with E-state index in [2.05, 4.69) is 13.2 Å². The monoisotopic (exact) mass is 490 g/mol. The Bertz CT molecular complexity index is 851. The van der Waals surface area contributed by atoms with Crippen LogP contribution < -0.4 is 0 Å². The number of nitrogens with zero attached hydrogens (tertiary/aromatic N) is 2. The molecule has 7 atom stereocenters. The lowest BCUT2D eigenvalue weighted by Crippen LogP contribution is -2.62. The van der Waals surface area contributed by atoms with Crippen LogP contribution in [0.1, 0.15) is 60.3 Å². The number of aliphatic hydroxyl groups excluding tert-OH is 1. The summed E-state index contributed by atoms with van der Waals surface area (Å²) >= 11 is 0. The number of aliphatic hydroxyl groups is 1. The van der Waals surface area contributed by atoms with Crippen molar-refractivity contribution in [2.24, 2.45) is 17.8 Å². The molecule has 2 bridgehead atoms. The van der Waals surface area contributed by atoms with E-state index >= 15 is 0 Å². The van der Waals surface area contributed by atoms with Crippen LogP contribution in [0.25, 0.3) is 0 Å². The number of esters is 1. The Morgan fingerprint density at radius 3 is 2.57 bits per heavy atom. The standard InChI is InChI=1S/C27H42N2O6/c1-8-11-15-34-25(33)20-19-12-13-27(35-19)21(20)23(31)29(18(16-30)17(4)10-3)22(27)24(32)28(14-9-2)26(5,6)7/h8-9,17-22,30H,1-2,10-16H2,3-7H3/t17-,18-,19+,20-,21-,22?,27?/m0/s1. The molecule has 2 amide bonds. The summed E-state index contributed by atoms with van der Waals surface area (Å²) in [5.41, 5.74) is -1.65. The van der Waals surface area contributed by atoms with E-state index in [1.165, 1.54) is 0 Å². The number of likely N-dealkylation sites (tertiary alicyclic amines) is 1. The first-order chi connectivity index (χ1) is 16.5. The molecule has 0 aromatic carbocycles. The summed E-state index contributed by atoms with van der Waals surface area (Å²) in [5, 5.41) is 10.4. The number of hydrogen-bond acceptors (Lipinski definition) is 6. The van der Waals surface area contributed by atoms with Gasteiger partial charge in [-0.25, -0.2) is 0 Å². The molecule has 2 unspecified atom stereocenters. The van der Waals surface area contributed by atoms with Crippen LogP contribution in [0.15, 0.2) is 25.3 Å². The molecule has 3 aliphatic heterocycles. The molecule has 0 aromatic rings. The van der Waals surface area contributed by atoms with Gasteiger partial charge < -0.3 is 24.4 Å². The Kier molecular flexibility index (Phi) is 8.16. The average molecular weight is 491 g/mol. The topological polar surface area (TPSA) is 96.4 Å². The maximum Gasteiger partial charge on any atom is 0.312 e. The minimum Gasteiger partial charge on any atom is -0.465 e. The molecule has 0 aliphatic carbocycles.